The van der Waals surface area contributed by atoms with Gasteiger partial charge in [0.05, 0.1) is 11.4 Å². The van der Waals surface area contributed by atoms with E-state index in [-0.39, 0.29) is 0 Å². The largest absolute Gasteiger partial charge is 0.264 e. The van der Waals surface area contributed by atoms with Crippen molar-refractivity contribution in [2.45, 2.75) is 0 Å². The van der Waals surface area contributed by atoms with Crippen LogP contribution in [0.1, 0.15) is 0 Å². The monoisotopic (exact) mass is 234 g/mol. The third kappa shape index (κ3) is 1.96. The highest BCUT2D eigenvalue weighted by molar-refractivity contribution is 5.76. The molecule has 3 rings (SSSR count). The Bertz CT molecular complexity index is 580. The topological polar surface area (TPSA) is 51.6 Å². The maximum atomic E-state index is 4.40. The van der Waals surface area contributed by atoms with Crippen LogP contribution >= 0.6 is 0 Å². The molecule has 3 heterocycles. The SMILES string of the molecule is c1cncc(-c2nccnc2-c2cccnc2)c1. The minimum atomic E-state index is 0.818. The van der Waals surface area contributed by atoms with Gasteiger partial charge in [0.2, 0.25) is 0 Å². The van der Waals surface area contributed by atoms with E-state index in [2.05, 4.69) is 19.9 Å². The summed E-state index contributed by atoms with van der Waals surface area (Å²) in [5.41, 5.74) is 3.53. The first kappa shape index (κ1) is 10.5. The molecule has 86 valence electrons. The molecule has 0 radical (unpaired) electrons. The van der Waals surface area contributed by atoms with Gasteiger partial charge in [0.15, 0.2) is 0 Å². The van der Waals surface area contributed by atoms with E-state index in [0.29, 0.717) is 0 Å². The van der Waals surface area contributed by atoms with E-state index < -0.39 is 0 Å². The molecule has 0 aromatic carbocycles. The quantitative estimate of drug-likeness (QED) is 0.684. The standard InChI is InChI=1S/C14H10N4/c1-3-11(9-15-5-1)13-14(18-8-7-17-13)12-4-2-6-16-10-12/h1-10H. The van der Waals surface area contributed by atoms with Crippen molar-refractivity contribution in [2.75, 3.05) is 0 Å². The van der Waals surface area contributed by atoms with Crippen LogP contribution in [0.2, 0.25) is 0 Å². The van der Waals surface area contributed by atoms with Gasteiger partial charge in [-0.3, -0.25) is 19.9 Å². The van der Waals surface area contributed by atoms with Gasteiger partial charge in [0.25, 0.3) is 0 Å². The van der Waals surface area contributed by atoms with Crippen molar-refractivity contribution >= 4 is 0 Å². The maximum absolute atomic E-state index is 4.40. The highest BCUT2D eigenvalue weighted by Crippen LogP contribution is 2.26. The third-order valence-electron chi connectivity index (χ3n) is 2.57. The number of hydrogen-bond acceptors (Lipinski definition) is 4. The lowest BCUT2D eigenvalue weighted by molar-refractivity contribution is 1.19. The fourth-order valence-corrected chi connectivity index (χ4v) is 1.77. The van der Waals surface area contributed by atoms with Gasteiger partial charge < -0.3 is 0 Å². The van der Waals surface area contributed by atoms with E-state index in [1.165, 1.54) is 0 Å². The van der Waals surface area contributed by atoms with Crippen molar-refractivity contribution in [3.05, 3.63) is 61.4 Å². The van der Waals surface area contributed by atoms with E-state index in [1.807, 2.05) is 24.3 Å². The van der Waals surface area contributed by atoms with Crippen molar-refractivity contribution in [1.29, 1.82) is 0 Å². The third-order valence-corrected chi connectivity index (χ3v) is 2.57. The second kappa shape index (κ2) is 4.71. The zero-order valence-corrected chi connectivity index (χ0v) is 9.56. The summed E-state index contributed by atoms with van der Waals surface area (Å²) in [7, 11) is 0. The van der Waals surface area contributed by atoms with Crippen molar-refractivity contribution in [2.24, 2.45) is 0 Å². The van der Waals surface area contributed by atoms with Gasteiger partial charge in [-0.1, -0.05) is 0 Å². The van der Waals surface area contributed by atoms with Gasteiger partial charge in [-0.15, -0.1) is 0 Å². The fraction of sp³-hybridized carbons (Fsp3) is 0. The van der Waals surface area contributed by atoms with Gasteiger partial charge in [-0.05, 0) is 24.3 Å². The van der Waals surface area contributed by atoms with Crippen LogP contribution in [0.3, 0.4) is 0 Å². The molecule has 3 aromatic rings. The number of nitrogens with zero attached hydrogens (tertiary/aromatic N) is 4. The maximum Gasteiger partial charge on any atom is 0.0981 e. The predicted octanol–water partition coefficient (Wildman–Crippen LogP) is 2.60. The molecule has 0 saturated heterocycles. The van der Waals surface area contributed by atoms with Crippen LogP contribution in [0.25, 0.3) is 22.5 Å². The van der Waals surface area contributed by atoms with Crippen molar-refractivity contribution in [3.63, 3.8) is 0 Å². The fourth-order valence-electron chi connectivity index (χ4n) is 1.77. The van der Waals surface area contributed by atoms with Crippen molar-refractivity contribution in [3.8, 4) is 22.5 Å². The van der Waals surface area contributed by atoms with E-state index in [0.717, 1.165) is 22.5 Å². The molecule has 0 aliphatic carbocycles. The van der Waals surface area contributed by atoms with Crippen LogP contribution in [0, 0.1) is 0 Å². The minimum absolute atomic E-state index is 0.818. The molecule has 4 heteroatoms. The van der Waals surface area contributed by atoms with Crippen LogP contribution in [0.5, 0.6) is 0 Å². The summed E-state index contributed by atoms with van der Waals surface area (Å²) in [6.45, 7) is 0. The Labute approximate surface area is 104 Å². The number of rotatable bonds is 2. The summed E-state index contributed by atoms with van der Waals surface area (Å²) in [5.74, 6) is 0. The molecule has 0 N–H and O–H groups in total. The lowest BCUT2D eigenvalue weighted by atomic mass is 10.1. The summed E-state index contributed by atoms with van der Waals surface area (Å²) in [5, 5.41) is 0. The molecule has 0 saturated carbocycles. The Morgan fingerprint density at radius 2 is 1.11 bits per heavy atom. The first-order valence-corrected chi connectivity index (χ1v) is 5.57. The molecule has 18 heavy (non-hydrogen) atoms. The molecular formula is C14H10N4. The van der Waals surface area contributed by atoms with Gasteiger partial charge in [-0.25, -0.2) is 0 Å². The Hall–Kier alpha value is -2.62. The van der Waals surface area contributed by atoms with E-state index in [9.17, 15) is 0 Å². The Morgan fingerprint density at radius 3 is 1.50 bits per heavy atom. The van der Waals surface area contributed by atoms with Crippen molar-refractivity contribution < 1.29 is 0 Å². The molecular weight excluding hydrogens is 224 g/mol. The molecule has 0 bridgehead atoms. The lowest BCUT2D eigenvalue weighted by Gasteiger charge is -2.06. The molecule has 4 nitrogen and oxygen atoms in total. The van der Waals surface area contributed by atoms with Crippen molar-refractivity contribution in [1.82, 2.24) is 19.9 Å². The van der Waals surface area contributed by atoms with Crippen LogP contribution < -0.4 is 0 Å². The highest BCUT2D eigenvalue weighted by atomic mass is 14.8. The van der Waals surface area contributed by atoms with Crippen LogP contribution in [0.15, 0.2) is 61.4 Å². The molecule has 0 amide bonds. The summed E-state index contributed by atoms with van der Waals surface area (Å²) >= 11 is 0. The summed E-state index contributed by atoms with van der Waals surface area (Å²) in [6.07, 6.45) is 10.4. The first-order valence-electron chi connectivity index (χ1n) is 5.57. The van der Waals surface area contributed by atoms with Crippen LogP contribution in [-0.4, -0.2) is 19.9 Å². The molecule has 0 aliphatic heterocycles. The average Bonchev–Trinajstić information content (AvgIpc) is 2.49. The lowest BCUT2D eigenvalue weighted by Crippen LogP contribution is -1.92. The smallest absolute Gasteiger partial charge is 0.0981 e. The van der Waals surface area contributed by atoms with Gasteiger partial charge >= 0.3 is 0 Å². The minimum Gasteiger partial charge on any atom is -0.264 e. The van der Waals surface area contributed by atoms with Crippen LogP contribution in [-0.2, 0) is 0 Å². The molecule has 0 atom stereocenters. The van der Waals surface area contributed by atoms with E-state index in [4.69, 9.17) is 0 Å². The molecule has 3 aromatic heterocycles. The van der Waals surface area contributed by atoms with Gasteiger partial charge in [-0.2, -0.15) is 0 Å². The van der Waals surface area contributed by atoms with E-state index in [1.54, 1.807) is 37.2 Å². The first-order chi connectivity index (χ1) is 8.95. The van der Waals surface area contributed by atoms with Gasteiger partial charge in [0.1, 0.15) is 0 Å². The Balaban J connectivity index is 2.18. The molecule has 0 aliphatic rings. The molecule has 0 spiro atoms. The normalized spacial score (nSPS) is 10.2. The average molecular weight is 234 g/mol. The number of aromatic nitrogens is 4. The highest BCUT2D eigenvalue weighted by Gasteiger charge is 2.09. The summed E-state index contributed by atoms with van der Waals surface area (Å²) in [4.78, 5) is 17.0. The number of pyridine rings is 2. The van der Waals surface area contributed by atoms with E-state index >= 15 is 0 Å². The van der Waals surface area contributed by atoms with Gasteiger partial charge in [0, 0.05) is 48.3 Å². The van der Waals surface area contributed by atoms with Crippen LogP contribution in [0.4, 0.5) is 0 Å². The Morgan fingerprint density at radius 1 is 0.611 bits per heavy atom. The molecule has 0 unspecified atom stereocenters. The second-order valence-electron chi connectivity index (χ2n) is 3.74. The summed E-state index contributed by atoms with van der Waals surface area (Å²) < 4.78 is 0. The second-order valence-corrected chi connectivity index (χ2v) is 3.74. The zero-order valence-electron chi connectivity index (χ0n) is 9.56. The predicted molar refractivity (Wildman–Crippen MR) is 68.5 cm³/mol. The Kier molecular flexibility index (Phi) is 2.75. The molecule has 0 fully saturated rings. The summed E-state index contributed by atoms with van der Waals surface area (Å²) in [6, 6.07) is 7.71. The zero-order chi connectivity index (χ0) is 12.2. The number of hydrogen-bond donors (Lipinski definition) is 0.